The Labute approximate surface area is 97.1 Å². The van der Waals surface area contributed by atoms with Crippen LogP contribution in [0, 0.1) is 0 Å². The Hall–Kier alpha value is -0.523. The van der Waals surface area contributed by atoms with Crippen molar-refractivity contribution < 1.29 is 17.4 Å². The van der Waals surface area contributed by atoms with Gasteiger partial charge in [-0.25, -0.2) is 0 Å². The van der Waals surface area contributed by atoms with E-state index in [9.17, 15) is 13.2 Å². The Kier molecular flexibility index (Phi) is 3.43. The third kappa shape index (κ3) is 2.41. The molecule has 0 bridgehead atoms. The Morgan fingerprint density at radius 2 is 1.81 bits per heavy atom. The number of hydrogen-bond acceptors (Lipinski definition) is 1. The minimum absolute atomic E-state index is 0.0917. The number of hydrogen-bond donors (Lipinski definition) is 0. The van der Waals surface area contributed by atoms with Crippen molar-refractivity contribution in [1.29, 1.82) is 0 Å². The van der Waals surface area contributed by atoms with Gasteiger partial charge in [0, 0.05) is 6.42 Å². The van der Waals surface area contributed by atoms with Crippen LogP contribution in [0.25, 0.3) is 0 Å². The third-order valence-electron chi connectivity index (χ3n) is 2.59. The highest BCUT2D eigenvalue weighted by molar-refractivity contribution is 6.35. The van der Waals surface area contributed by atoms with Crippen LogP contribution in [0.2, 0.25) is 0 Å². The summed E-state index contributed by atoms with van der Waals surface area (Å²) in [4.78, 5) is 0. The normalized spacial score (nSPS) is 19.9. The van der Waals surface area contributed by atoms with Gasteiger partial charge in [0.25, 0.3) is 0 Å². The molecule has 0 amide bonds. The minimum Gasteiger partial charge on any atom is -0.269 e. The number of nitrogens with zero attached hydrogens (tertiary/aromatic N) is 2. The molecule has 1 rings (SSSR count). The summed E-state index contributed by atoms with van der Waals surface area (Å²) in [7, 11) is 0.105. The van der Waals surface area contributed by atoms with Gasteiger partial charge in [-0.05, 0) is 27.7 Å². The van der Waals surface area contributed by atoms with Gasteiger partial charge in [-0.15, -0.1) is 0 Å². The van der Waals surface area contributed by atoms with E-state index in [4.69, 9.17) is 0 Å². The summed E-state index contributed by atoms with van der Waals surface area (Å²) < 4.78 is 41.3. The molecule has 1 atom stereocenters. The maximum absolute atomic E-state index is 12.6. The molecule has 2 nitrogen and oxygen atoms in total. The summed E-state index contributed by atoms with van der Waals surface area (Å²) in [6.07, 6.45) is -3.50. The fourth-order valence-electron chi connectivity index (χ4n) is 1.61. The second-order valence-electron chi connectivity index (χ2n) is 4.96. The SMILES string of the molecule is CCC1=[N+](C(C)C(F)(F)F)[Si]N1C(C)(C)C. The van der Waals surface area contributed by atoms with Crippen molar-refractivity contribution >= 4 is 15.7 Å². The third-order valence-corrected chi connectivity index (χ3v) is 4.58. The largest absolute Gasteiger partial charge is 0.645 e. The van der Waals surface area contributed by atoms with Gasteiger partial charge in [0.05, 0.1) is 5.54 Å². The van der Waals surface area contributed by atoms with Crippen LogP contribution in [0.5, 0.6) is 0 Å². The molecule has 0 spiro atoms. The van der Waals surface area contributed by atoms with Crippen molar-refractivity contribution in [2.75, 3.05) is 0 Å². The lowest BCUT2D eigenvalue weighted by Crippen LogP contribution is -2.66. The lowest BCUT2D eigenvalue weighted by atomic mass is 10.1. The predicted molar refractivity (Wildman–Crippen MR) is 58.4 cm³/mol. The van der Waals surface area contributed by atoms with Crippen molar-refractivity contribution in [1.82, 2.24) is 4.57 Å². The summed E-state index contributed by atoms with van der Waals surface area (Å²) >= 11 is 0. The molecule has 0 saturated heterocycles. The second kappa shape index (κ2) is 4.05. The number of alkyl halides is 3. The predicted octanol–water partition coefficient (Wildman–Crippen LogP) is 2.41. The Balaban J connectivity index is 2.92. The van der Waals surface area contributed by atoms with Gasteiger partial charge >= 0.3 is 16.0 Å². The molecule has 0 aromatic heterocycles. The van der Waals surface area contributed by atoms with Gasteiger partial charge in [-0.1, -0.05) is 6.92 Å². The van der Waals surface area contributed by atoms with Gasteiger partial charge in [-0.3, -0.25) is 8.81 Å². The van der Waals surface area contributed by atoms with E-state index in [1.807, 2.05) is 27.7 Å². The highest BCUT2D eigenvalue weighted by Crippen LogP contribution is 2.28. The highest BCUT2D eigenvalue weighted by Gasteiger charge is 2.53. The molecular weight excluding hydrogens is 233 g/mol. The molecule has 0 aromatic rings. The minimum atomic E-state index is -4.14. The van der Waals surface area contributed by atoms with Crippen molar-refractivity contribution in [3.05, 3.63) is 0 Å². The van der Waals surface area contributed by atoms with E-state index in [1.165, 1.54) is 11.2 Å². The maximum atomic E-state index is 12.6. The second-order valence-corrected chi connectivity index (χ2v) is 6.09. The summed E-state index contributed by atoms with van der Waals surface area (Å²) in [6.45, 7) is 9.18. The van der Waals surface area contributed by atoms with Crippen LogP contribution >= 0.6 is 0 Å². The molecule has 92 valence electrons. The van der Waals surface area contributed by atoms with Crippen LogP contribution in [-0.4, -0.2) is 42.2 Å². The van der Waals surface area contributed by atoms with Crippen molar-refractivity contribution in [3.63, 3.8) is 0 Å². The number of amidine groups is 1. The van der Waals surface area contributed by atoms with E-state index in [1.54, 1.807) is 0 Å². The lowest BCUT2D eigenvalue weighted by molar-refractivity contribution is -0.510. The van der Waals surface area contributed by atoms with E-state index < -0.39 is 12.2 Å². The quantitative estimate of drug-likeness (QED) is 0.683. The van der Waals surface area contributed by atoms with Crippen LogP contribution in [-0.2, 0) is 0 Å². The van der Waals surface area contributed by atoms with Gasteiger partial charge in [0.2, 0.25) is 5.84 Å². The fourth-order valence-corrected chi connectivity index (χ4v) is 3.06. The topological polar surface area (TPSA) is 6.25 Å². The first-order chi connectivity index (χ1) is 7.09. The van der Waals surface area contributed by atoms with Crippen LogP contribution in [0.1, 0.15) is 41.0 Å². The molecule has 1 aliphatic rings. The maximum Gasteiger partial charge on any atom is 0.645 e. The summed E-state index contributed by atoms with van der Waals surface area (Å²) in [5, 5.41) is 0. The molecule has 16 heavy (non-hydrogen) atoms. The first kappa shape index (κ1) is 13.5. The van der Waals surface area contributed by atoms with Crippen molar-refractivity contribution in [2.24, 2.45) is 0 Å². The molecule has 1 aliphatic heterocycles. The van der Waals surface area contributed by atoms with Gasteiger partial charge < -0.3 is 0 Å². The van der Waals surface area contributed by atoms with E-state index in [0.29, 0.717) is 6.42 Å². The highest BCUT2D eigenvalue weighted by atomic mass is 28.2. The average molecular weight is 251 g/mol. The Morgan fingerprint density at radius 1 is 1.31 bits per heavy atom. The van der Waals surface area contributed by atoms with Gasteiger partial charge in [0.1, 0.15) is 0 Å². The Bertz CT molecular complexity index is 304. The van der Waals surface area contributed by atoms with Crippen molar-refractivity contribution in [3.8, 4) is 0 Å². The van der Waals surface area contributed by atoms with Crippen molar-refractivity contribution in [2.45, 2.75) is 58.8 Å². The smallest absolute Gasteiger partial charge is 0.269 e. The van der Waals surface area contributed by atoms with E-state index in [2.05, 4.69) is 4.57 Å². The standard InChI is InChI=1S/C10H18F3N2Si/c1-6-8-14(7(2)10(11,12)13)16-15(8)9(3,4)5/h7H,6H2,1-5H3/q+1. The molecule has 1 unspecified atom stereocenters. The molecule has 0 N–H and O–H groups in total. The first-order valence-electron chi connectivity index (χ1n) is 5.37. The van der Waals surface area contributed by atoms with E-state index in [0.717, 1.165) is 5.84 Å². The zero-order valence-electron chi connectivity index (χ0n) is 10.3. The monoisotopic (exact) mass is 251 g/mol. The molecule has 0 aliphatic carbocycles. The molecule has 1 heterocycles. The molecule has 2 radical (unpaired) electrons. The zero-order valence-corrected chi connectivity index (χ0v) is 11.3. The molecule has 0 saturated carbocycles. The van der Waals surface area contributed by atoms with Crippen LogP contribution in [0.3, 0.4) is 0 Å². The first-order valence-corrected chi connectivity index (χ1v) is 6.26. The summed E-state index contributed by atoms with van der Waals surface area (Å²) in [5.41, 5.74) is -0.0917. The zero-order chi connectivity index (χ0) is 12.7. The fraction of sp³-hybridized carbons (Fsp3) is 0.900. The van der Waals surface area contributed by atoms with E-state index >= 15 is 0 Å². The van der Waals surface area contributed by atoms with Crippen LogP contribution in [0.15, 0.2) is 0 Å². The molecule has 0 fully saturated rings. The molecule has 0 aromatic carbocycles. The van der Waals surface area contributed by atoms with Crippen LogP contribution in [0.4, 0.5) is 13.2 Å². The van der Waals surface area contributed by atoms with Gasteiger partial charge in [-0.2, -0.15) is 13.2 Å². The number of halogens is 3. The lowest BCUT2D eigenvalue weighted by Gasteiger charge is -2.39. The molecule has 6 heteroatoms. The summed E-state index contributed by atoms with van der Waals surface area (Å²) in [6, 6.07) is -1.38. The van der Waals surface area contributed by atoms with Crippen LogP contribution < -0.4 is 0 Å². The molecular formula is C10H18F3N2Si+. The number of rotatable bonds is 2. The summed E-state index contributed by atoms with van der Waals surface area (Å²) in [5.74, 6) is 0.802. The van der Waals surface area contributed by atoms with Gasteiger partial charge in [0.15, 0.2) is 6.04 Å². The Morgan fingerprint density at radius 3 is 2.12 bits per heavy atom. The van der Waals surface area contributed by atoms with E-state index in [-0.39, 0.29) is 15.4 Å². The average Bonchev–Trinajstić information content (AvgIpc) is 1.98.